The van der Waals surface area contributed by atoms with Crippen molar-refractivity contribution >= 4 is 11.9 Å². The fourth-order valence-electron chi connectivity index (χ4n) is 8.37. The Labute approximate surface area is 392 Å². The summed E-state index contributed by atoms with van der Waals surface area (Å²) in [6.07, 6.45) is 64.4. The Bertz CT molecular complexity index is 1020. The predicted octanol–water partition coefficient (Wildman–Crippen LogP) is 16.9. The second kappa shape index (κ2) is 52.7. The van der Waals surface area contributed by atoms with Gasteiger partial charge in [-0.3, -0.25) is 9.59 Å². The quantitative estimate of drug-likeness (QED) is 0.0321. The van der Waals surface area contributed by atoms with Gasteiger partial charge in [-0.2, -0.15) is 0 Å². The van der Waals surface area contributed by atoms with Crippen LogP contribution in [0.15, 0.2) is 36.5 Å². The Morgan fingerprint density at radius 1 is 0.444 bits per heavy atom. The van der Waals surface area contributed by atoms with Crippen molar-refractivity contribution in [3.05, 3.63) is 36.5 Å². The topological polar surface area (TPSA) is 95.9 Å². The fourth-order valence-corrected chi connectivity index (χ4v) is 8.37. The summed E-state index contributed by atoms with van der Waals surface area (Å²) in [4.78, 5) is 24.5. The molecule has 0 aromatic rings. The fraction of sp³-hybridized carbons (Fsp3) is 0.860. The van der Waals surface area contributed by atoms with Gasteiger partial charge in [0.25, 0.3) is 0 Å². The molecular formula is C57H107NO5. The first-order valence-electron chi connectivity index (χ1n) is 27.8. The predicted molar refractivity (Wildman–Crippen MR) is 273 cm³/mol. The van der Waals surface area contributed by atoms with Gasteiger partial charge in [-0.05, 0) is 64.2 Å². The van der Waals surface area contributed by atoms with E-state index in [1.54, 1.807) is 6.08 Å². The highest BCUT2D eigenvalue weighted by Crippen LogP contribution is 2.16. The van der Waals surface area contributed by atoms with E-state index in [9.17, 15) is 19.8 Å². The van der Waals surface area contributed by atoms with E-state index < -0.39 is 12.1 Å². The van der Waals surface area contributed by atoms with Gasteiger partial charge < -0.3 is 20.3 Å². The summed E-state index contributed by atoms with van der Waals surface area (Å²) in [6, 6.07) is -0.630. The van der Waals surface area contributed by atoms with Gasteiger partial charge in [0, 0.05) is 12.8 Å². The minimum absolute atomic E-state index is 0.00176. The first kappa shape index (κ1) is 61.1. The Morgan fingerprint density at radius 3 is 1.24 bits per heavy atom. The molecule has 0 spiro atoms. The molecule has 0 aromatic heterocycles. The van der Waals surface area contributed by atoms with Gasteiger partial charge in [0.05, 0.1) is 25.4 Å². The van der Waals surface area contributed by atoms with Crippen LogP contribution in [0.1, 0.15) is 290 Å². The molecule has 0 bridgehead atoms. The molecule has 0 aliphatic heterocycles. The molecule has 0 fully saturated rings. The second-order valence-electron chi connectivity index (χ2n) is 18.9. The van der Waals surface area contributed by atoms with Crippen LogP contribution in [0, 0.1) is 0 Å². The third-order valence-corrected chi connectivity index (χ3v) is 12.7. The van der Waals surface area contributed by atoms with Crippen LogP contribution in [0.25, 0.3) is 0 Å². The van der Waals surface area contributed by atoms with Crippen molar-refractivity contribution in [1.29, 1.82) is 0 Å². The van der Waals surface area contributed by atoms with Crippen LogP contribution in [0.4, 0.5) is 0 Å². The van der Waals surface area contributed by atoms with Gasteiger partial charge in [-0.25, -0.2) is 0 Å². The van der Waals surface area contributed by atoms with E-state index in [-0.39, 0.29) is 18.5 Å². The SMILES string of the molecule is CCCCC/C=C\C/C=C\CCCCCCCCCC(=O)OCCCCCCCCCCCCCCCCCCCCC(=O)NC(CO)C(O)/C=C/CCCCCCCCCCC. The maximum atomic E-state index is 12.4. The first-order valence-corrected chi connectivity index (χ1v) is 27.8. The molecule has 0 heterocycles. The lowest BCUT2D eigenvalue weighted by molar-refractivity contribution is -0.143. The zero-order valence-electron chi connectivity index (χ0n) is 42.1. The van der Waals surface area contributed by atoms with Crippen LogP contribution in [0.2, 0.25) is 0 Å². The molecule has 370 valence electrons. The summed E-state index contributed by atoms with van der Waals surface area (Å²) in [5, 5.41) is 23.0. The molecule has 0 aliphatic rings. The van der Waals surface area contributed by atoms with Crippen molar-refractivity contribution in [2.45, 2.75) is 302 Å². The van der Waals surface area contributed by atoms with Gasteiger partial charge in [-0.15, -0.1) is 0 Å². The third-order valence-electron chi connectivity index (χ3n) is 12.7. The Kier molecular flexibility index (Phi) is 51.1. The lowest BCUT2D eigenvalue weighted by Crippen LogP contribution is -2.45. The lowest BCUT2D eigenvalue weighted by atomic mass is 10.0. The molecular weight excluding hydrogens is 779 g/mol. The minimum Gasteiger partial charge on any atom is -0.466 e. The molecule has 0 aromatic carbocycles. The molecule has 63 heavy (non-hydrogen) atoms. The number of allylic oxidation sites excluding steroid dienone is 5. The highest BCUT2D eigenvalue weighted by atomic mass is 16.5. The average molecular weight is 886 g/mol. The molecule has 1 amide bonds. The van der Waals surface area contributed by atoms with Gasteiger partial charge in [0.1, 0.15) is 0 Å². The van der Waals surface area contributed by atoms with E-state index in [0.717, 1.165) is 51.4 Å². The summed E-state index contributed by atoms with van der Waals surface area (Å²) >= 11 is 0. The number of carbonyl (C=O) groups excluding carboxylic acids is 2. The molecule has 0 saturated carbocycles. The smallest absolute Gasteiger partial charge is 0.305 e. The number of unbranched alkanes of at least 4 members (excludes halogenated alkanes) is 36. The van der Waals surface area contributed by atoms with E-state index in [4.69, 9.17) is 4.74 Å². The summed E-state index contributed by atoms with van der Waals surface area (Å²) in [6.45, 7) is 4.85. The minimum atomic E-state index is -0.846. The van der Waals surface area contributed by atoms with Gasteiger partial charge >= 0.3 is 5.97 Å². The number of aliphatic hydroxyl groups excluding tert-OH is 2. The van der Waals surface area contributed by atoms with E-state index in [0.29, 0.717) is 19.4 Å². The molecule has 6 nitrogen and oxygen atoms in total. The number of aliphatic hydroxyl groups is 2. The van der Waals surface area contributed by atoms with Crippen LogP contribution in [0.5, 0.6) is 0 Å². The largest absolute Gasteiger partial charge is 0.466 e. The number of ether oxygens (including phenoxy) is 1. The van der Waals surface area contributed by atoms with Gasteiger partial charge in [0.2, 0.25) is 5.91 Å². The van der Waals surface area contributed by atoms with Crippen molar-refractivity contribution in [3.8, 4) is 0 Å². The second-order valence-corrected chi connectivity index (χ2v) is 18.9. The van der Waals surface area contributed by atoms with Crippen molar-refractivity contribution in [2.75, 3.05) is 13.2 Å². The Balaban J connectivity index is 3.41. The van der Waals surface area contributed by atoms with E-state index in [2.05, 4.69) is 43.5 Å². The molecule has 2 atom stereocenters. The number of amides is 1. The lowest BCUT2D eigenvalue weighted by Gasteiger charge is -2.20. The molecule has 0 aliphatic carbocycles. The highest BCUT2D eigenvalue weighted by Gasteiger charge is 2.18. The molecule has 0 radical (unpaired) electrons. The molecule has 3 N–H and O–H groups in total. The standard InChI is InChI=1S/C57H107NO5/c1-3-5-7-9-11-13-15-16-17-20-24-27-31-35-39-43-47-51-57(62)63-52-48-44-40-36-32-28-25-22-19-18-21-23-26-30-34-38-42-46-50-56(61)58-54(53-59)55(60)49-45-41-37-33-29-14-12-10-8-6-4-2/h11,13,16-17,45,49,54-55,59-60H,3-10,12,14-15,18-44,46-48,50-53H2,1-2H3,(H,58,61)/b13-11-,17-16-,49-45+. The van der Waals surface area contributed by atoms with Crippen LogP contribution < -0.4 is 5.32 Å². The number of rotatable bonds is 51. The van der Waals surface area contributed by atoms with E-state index >= 15 is 0 Å². The summed E-state index contributed by atoms with van der Waals surface area (Å²) in [7, 11) is 0. The monoisotopic (exact) mass is 886 g/mol. The van der Waals surface area contributed by atoms with Crippen LogP contribution in [-0.2, 0) is 14.3 Å². The van der Waals surface area contributed by atoms with E-state index in [1.165, 1.54) is 212 Å². The zero-order valence-corrected chi connectivity index (χ0v) is 42.1. The Hall–Kier alpha value is -1.92. The molecule has 0 saturated heterocycles. The van der Waals surface area contributed by atoms with E-state index in [1.807, 2.05) is 6.08 Å². The van der Waals surface area contributed by atoms with Crippen molar-refractivity contribution in [1.82, 2.24) is 5.32 Å². The number of hydrogen-bond donors (Lipinski definition) is 3. The number of esters is 1. The highest BCUT2D eigenvalue weighted by molar-refractivity contribution is 5.76. The summed E-state index contributed by atoms with van der Waals surface area (Å²) in [5.74, 6) is -0.0755. The maximum Gasteiger partial charge on any atom is 0.305 e. The van der Waals surface area contributed by atoms with Gasteiger partial charge in [-0.1, -0.05) is 249 Å². The maximum absolute atomic E-state index is 12.4. The first-order chi connectivity index (χ1) is 31.0. The van der Waals surface area contributed by atoms with Crippen molar-refractivity contribution < 1.29 is 24.5 Å². The number of carbonyl (C=O) groups is 2. The Morgan fingerprint density at radius 2 is 0.794 bits per heavy atom. The third kappa shape index (κ3) is 49.4. The zero-order chi connectivity index (χ0) is 45.8. The summed E-state index contributed by atoms with van der Waals surface area (Å²) in [5.41, 5.74) is 0. The van der Waals surface area contributed by atoms with Gasteiger partial charge in [0.15, 0.2) is 0 Å². The van der Waals surface area contributed by atoms with Crippen LogP contribution in [-0.4, -0.2) is 47.4 Å². The van der Waals surface area contributed by atoms with Crippen LogP contribution >= 0.6 is 0 Å². The van der Waals surface area contributed by atoms with Crippen molar-refractivity contribution in [2.24, 2.45) is 0 Å². The number of hydrogen-bond acceptors (Lipinski definition) is 5. The summed E-state index contributed by atoms with van der Waals surface area (Å²) < 4.78 is 5.48. The molecule has 0 rings (SSSR count). The number of nitrogens with one attached hydrogen (secondary N) is 1. The van der Waals surface area contributed by atoms with Crippen LogP contribution in [0.3, 0.4) is 0 Å². The molecule has 2 unspecified atom stereocenters. The average Bonchev–Trinajstić information content (AvgIpc) is 3.28. The normalized spacial score (nSPS) is 12.9. The van der Waals surface area contributed by atoms with Crippen molar-refractivity contribution in [3.63, 3.8) is 0 Å². The molecule has 6 heteroatoms.